The number of carbonyl (C=O) groups is 1. The van der Waals surface area contributed by atoms with Crippen LogP contribution in [0.1, 0.15) is 12.8 Å². The Morgan fingerprint density at radius 1 is 1.33 bits per heavy atom. The number of carboxylic acid groups (broad SMARTS) is 1. The van der Waals surface area contributed by atoms with E-state index >= 15 is 0 Å². The monoisotopic (exact) mass is 385 g/mol. The summed E-state index contributed by atoms with van der Waals surface area (Å²) in [5.74, 6) is -1.34. The van der Waals surface area contributed by atoms with Gasteiger partial charge in [-0.05, 0) is 18.6 Å². The van der Waals surface area contributed by atoms with Crippen molar-refractivity contribution >= 4 is 27.4 Å². The predicted molar refractivity (Wildman–Crippen MR) is 80.7 cm³/mol. The van der Waals surface area contributed by atoms with E-state index in [-0.39, 0.29) is 22.9 Å². The van der Waals surface area contributed by atoms with Crippen molar-refractivity contribution in [2.45, 2.75) is 35.2 Å². The van der Waals surface area contributed by atoms with Gasteiger partial charge in [0, 0.05) is 13.1 Å². The number of rotatable bonds is 5. The zero-order chi connectivity index (χ0) is 18.1. The van der Waals surface area contributed by atoms with Crippen molar-refractivity contribution in [3.05, 3.63) is 29.3 Å². The van der Waals surface area contributed by atoms with E-state index in [1.165, 1.54) is 18.2 Å². The van der Waals surface area contributed by atoms with Gasteiger partial charge in [0.25, 0.3) is 0 Å². The molecule has 0 bridgehead atoms. The fourth-order valence-electron chi connectivity index (χ4n) is 2.72. The van der Waals surface area contributed by atoms with Crippen molar-refractivity contribution in [1.82, 2.24) is 4.90 Å². The summed E-state index contributed by atoms with van der Waals surface area (Å²) in [5.41, 5.74) is 0. The fraction of sp³-hybridized carbons (Fsp3) is 0.500. The van der Waals surface area contributed by atoms with E-state index in [4.69, 9.17) is 11.6 Å². The van der Waals surface area contributed by atoms with E-state index in [1.807, 2.05) is 0 Å². The van der Waals surface area contributed by atoms with Crippen LogP contribution in [0.4, 0.5) is 13.2 Å². The fourth-order valence-corrected chi connectivity index (χ4v) is 4.96. The Kier molecular flexibility index (Phi) is 5.46. The Labute approximate surface area is 141 Å². The molecule has 1 aromatic rings. The van der Waals surface area contributed by atoms with Gasteiger partial charge in [0.15, 0.2) is 9.84 Å². The van der Waals surface area contributed by atoms with Gasteiger partial charge in [0.1, 0.15) is 6.04 Å². The highest BCUT2D eigenvalue weighted by molar-refractivity contribution is 7.92. The van der Waals surface area contributed by atoms with Gasteiger partial charge in [0.05, 0.1) is 21.6 Å². The van der Waals surface area contributed by atoms with Gasteiger partial charge in [0.2, 0.25) is 0 Å². The van der Waals surface area contributed by atoms with Gasteiger partial charge in [-0.2, -0.15) is 13.2 Å². The molecule has 0 saturated carbocycles. The number of halogens is 4. The smallest absolute Gasteiger partial charge is 0.390 e. The molecule has 24 heavy (non-hydrogen) atoms. The molecular weight excluding hydrogens is 371 g/mol. The Morgan fingerprint density at radius 3 is 2.50 bits per heavy atom. The summed E-state index contributed by atoms with van der Waals surface area (Å²) < 4.78 is 62.4. The second-order valence-electron chi connectivity index (χ2n) is 5.55. The average Bonchev–Trinajstić information content (AvgIpc) is 2.90. The highest BCUT2D eigenvalue weighted by Crippen LogP contribution is 2.32. The first-order chi connectivity index (χ1) is 11.0. The molecular formula is C14H15ClF3NO4S. The molecule has 0 unspecified atom stereocenters. The van der Waals surface area contributed by atoms with Gasteiger partial charge >= 0.3 is 12.1 Å². The SMILES string of the molecule is O=C(O)[C@@H]1C[C@@H](S(=O)(=O)c2ccccc2Cl)CN1CCC(F)(F)F. The number of hydrogen-bond donors (Lipinski definition) is 1. The highest BCUT2D eigenvalue weighted by atomic mass is 35.5. The van der Waals surface area contributed by atoms with Gasteiger partial charge in [-0.15, -0.1) is 0 Å². The summed E-state index contributed by atoms with van der Waals surface area (Å²) in [7, 11) is -3.94. The maximum Gasteiger partial charge on any atom is 0.390 e. The van der Waals surface area contributed by atoms with Crippen LogP contribution in [-0.2, 0) is 14.6 Å². The molecule has 0 aromatic heterocycles. The molecule has 1 heterocycles. The van der Waals surface area contributed by atoms with Crippen LogP contribution in [0, 0.1) is 0 Å². The van der Waals surface area contributed by atoms with Crippen molar-refractivity contribution in [2.75, 3.05) is 13.1 Å². The molecule has 0 amide bonds. The quantitative estimate of drug-likeness (QED) is 0.843. The van der Waals surface area contributed by atoms with Crippen molar-refractivity contribution in [3.8, 4) is 0 Å². The Bertz CT molecular complexity index is 723. The number of likely N-dealkylation sites (tertiary alicyclic amines) is 1. The van der Waals surface area contributed by atoms with Crippen LogP contribution in [0.5, 0.6) is 0 Å². The van der Waals surface area contributed by atoms with Gasteiger partial charge in [-0.3, -0.25) is 9.69 Å². The minimum Gasteiger partial charge on any atom is -0.480 e. The Hall–Kier alpha value is -1.32. The third-order valence-corrected chi connectivity index (χ3v) is 6.54. The molecule has 1 fully saturated rings. The van der Waals surface area contributed by atoms with Crippen molar-refractivity contribution < 1.29 is 31.5 Å². The number of sulfone groups is 1. The summed E-state index contributed by atoms with van der Waals surface area (Å²) in [6.07, 6.45) is -5.92. The standard InChI is InChI=1S/C14H15ClF3NO4S/c15-10-3-1-2-4-12(10)24(22,23)9-7-11(13(20)21)19(8-9)6-5-14(16,17)18/h1-4,9,11H,5-8H2,(H,20,21)/t9-,11+/m1/s1. The summed E-state index contributed by atoms with van der Waals surface area (Å²) in [6, 6.07) is 4.44. The van der Waals surface area contributed by atoms with E-state index in [9.17, 15) is 31.5 Å². The molecule has 10 heteroatoms. The van der Waals surface area contributed by atoms with Crippen molar-refractivity contribution in [2.24, 2.45) is 0 Å². The van der Waals surface area contributed by atoms with Gasteiger partial charge in [-0.25, -0.2) is 8.42 Å². The summed E-state index contributed by atoms with van der Waals surface area (Å²) >= 11 is 5.89. The van der Waals surface area contributed by atoms with E-state index in [0.717, 1.165) is 4.90 Å². The van der Waals surface area contributed by atoms with Gasteiger partial charge in [-0.1, -0.05) is 23.7 Å². The average molecular weight is 386 g/mol. The summed E-state index contributed by atoms with van der Waals surface area (Å²) in [5, 5.41) is 8.06. The van der Waals surface area contributed by atoms with Crippen LogP contribution in [-0.4, -0.2) is 55.0 Å². The zero-order valence-corrected chi connectivity index (χ0v) is 13.9. The predicted octanol–water partition coefficient (Wildman–Crippen LogP) is 2.59. The lowest BCUT2D eigenvalue weighted by Crippen LogP contribution is -2.38. The van der Waals surface area contributed by atoms with Crippen LogP contribution in [0.25, 0.3) is 0 Å². The number of aliphatic carboxylic acids is 1. The molecule has 1 N–H and O–H groups in total. The minimum atomic E-state index is -4.44. The van der Waals surface area contributed by atoms with Gasteiger partial charge < -0.3 is 5.11 Å². The van der Waals surface area contributed by atoms with E-state index < -0.39 is 46.2 Å². The van der Waals surface area contributed by atoms with Crippen LogP contribution in [0.3, 0.4) is 0 Å². The molecule has 0 spiro atoms. The molecule has 0 aliphatic carbocycles. The number of nitrogens with zero attached hydrogens (tertiary/aromatic N) is 1. The molecule has 2 atom stereocenters. The van der Waals surface area contributed by atoms with Crippen LogP contribution in [0.15, 0.2) is 29.2 Å². The molecule has 5 nitrogen and oxygen atoms in total. The lowest BCUT2D eigenvalue weighted by Gasteiger charge is -2.21. The lowest BCUT2D eigenvalue weighted by atomic mass is 10.2. The second kappa shape index (κ2) is 6.89. The molecule has 1 aliphatic rings. The number of benzene rings is 1. The molecule has 1 aromatic carbocycles. The molecule has 1 saturated heterocycles. The first-order valence-corrected chi connectivity index (χ1v) is 8.97. The third kappa shape index (κ3) is 4.20. The highest BCUT2D eigenvalue weighted by Gasteiger charge is 2.44. The summed E-state index contributed by atoms with van der Waals surface area (Å²) in [4.78, 5) is 12.2. The lowest BCUT2D eigenvalue weighted by molar-refractivity contribution is -0.148. The molecule has 2 rings (SSSR count). The Balaban J connectivity index is 2.23. The maximum absolute atomic E-state index is 12.6. The van der Waals surface area contributed by atoms with Crippen molar-refractivity contribution in [3.63, 3.8) is 0 Å². The number of carboxylic acids is 1. The van der Waals surface area contributed by atoms with Crippen LogP contribution >= 0.6 is 11.6 Å². The van der Waals surface area contributed by atoms with Crippen LogP contribution < -0.4 is 0 Å². The normalized spacial score (nSPS) is 22.7. The number of alkyl halides is 3. The molecule has 1 aliphatic heterocycles. The maximum atomic E-state index is 12.6. The topological polar surface area (TPSA) is 74.7 Å². The first-order valence-electron chi connectivity index (χ1n) is 7.04. The van der Waals surface area contributed by atoms with E-state index in [0.29, 0.717) is 0 Å². The minimum absolute atomic E-state index is 0.00174. The van der Waals surface area contributed by atoms with E-state index in [2.05, 4.69) is 0 Å². The third-order valence-electron chi connectivity index (χ3n) is 3.91. The zero-order valence-electron chi connectivity index (χ0n) is 12.3. The molecule has 0 radical (unpaired) electrons. The largest absolute Gasteiger partial charge is 0.480 e. The van der Waals surface area contributed by atoms with Crippen molar-refractivity contribution in [1.29, 1.82) is 0 Å². The van der Waals surface area contributed by atoms with Crippen LogP contribution in [0.2, 0.25) is 5.02 Å². The number of hydrogen-bond acceptors (Lipinski definition) is 4. The molecule has 134 valence electrons. The van der Waals surface area contributed by atoms with E-state index in [1.54, 1.807) is 6.07 Å². The summed E-state index contributed by atoms with van der Waals surface area (Å²) in [6.45, 7) is -0.838. The first kappa shape index (κ1) is 19.0. The Morgan fingerprint density at radius 2 is 1.96 bits per heavy atom. The second-order valence-corrected chi connectivity index (χ2v) is 8.15.